The highest BCUT2D eigenvalue weighted by molar-refractivity contribution is 7.45. The Bertz CT molecular complexity index is 1490. The van der Waals surface area contributed by atoms with E-state index in [1.54, 1.807) is 0 Å². The Kier molecular flexibility index (Phi) is 47.7. The first-order valence-electron chi connectivity index (χ1n) is 27.4. The van der Waals surface area contributed by atoms with Gasteiger partial charge in [0, 0.05) is 12.8 Å². The molecule has 0 aromatic carbocycles. The SMILES string of the molecule is CC/C=C\C/C=C\C/C=C\C/C=C\C/C=C\C/C=C\CCCCCCCCCCCCC(=O)OC(COC(=O)CCCCCCC/C=C\C/C=C\CCCCCC)COP(=O)([O-])OCC[N+](C)(C)C. The molecule has 0 saturated carbocycles. The van der Waals surface area contributed by atoms with Crippen LogP contribution in [-0.4, -0.2) is 70.0 Å². The van der Waals surface area contributed by atoms with E-state index in [9.17, 15) is 19.0 Å². The maximum Gasteiger partial charge on any atom is 0.306 e. The standard InChI is InChI=1S/C59H102NO8P/c1-6-8-10-12-14-16-18-20-22-24-25-26-27-28-29-30-31-32-33-34-35-36-38-40-42-44-46-48-50-52-59(62)68-57(56-67-69(63,64)66-54-53-60(3,4)5)55-65-58(61)51-49-47-45-43-41-39-37-23-21-19-17-15-13-11-9-7-2/h8,10,14,16-17,19-20,22-23,25-26,28-29,31-32,37,57H,6-7,9,11-13,15,18,21,24,27,30,33-36,38-56H2,1-5H3/b10-8-,16-14-,19-17-,22-20-,26-25-,29-28-,32-31-,37-23-. The molecule has 0 bridgehead atoms. The van der Waals surface area contributed by atoms with Gasteiger partial charge in [-0.2, -0.15) is 0 Å². The van der Waals surface area contributed by atoms with Gasteiger partial charge in [-0.15, -0.1) is 0 Å². The Labute approximate surface area is 423 Å². The normalized spacial score (nSPS) is 14.1. The summed E-state index contributed by atoms with van der Waals surface area (Å²) in [4.78, 5) is 37.8. The van der Waals surface area contributed by atoms with Gasteiger partial charge in [0.1, 0.15) is 19.8 Å². The maximum absolute atomic E-state index is 12.8. The van der Waals surface area contributed by atoms with Gasteiger partial charge in [0.05, 0.1) is 27.7 Å². The van der Waals surface area contributed by atoms with Crippen LogP contribution in [0, 0.1) is 0 Å². The van der Waals surface area contributed by atoms with Crippen molar-refractivity contribution in [2.75, 3.05) is 47.5 Å². The van der Waals surface area contributed by atoms with Crippen molar-refractivity contribution in [2.45, 2.75) is 219 Å². The van der Waals surface area contributed by atoms with Gasteiger partial charge in [0.15, 0.2) is 6.10 Å². The van der Waals surface area contributed by atoms with Gasteiger partial charge in [-0.05, 0) is 96.3 Å². The van der Waals surface area contributed by atoms with Crippen LogP contribution < -0.4 is 4.89 Å². The lowest BCUT2D eigenvalue weighted by Crippen LogP contribution is -2.37. The Morgan fingerprint density at radius 1 is 0.464 bits per heavy atom. The summed E-state index contributed by atoms with van der Waals surface area (Å²) in [6.07, 6.45) is 67.3. The Morgan fingerprint density at radius 2 is 0.826 bits per heavy atom. The van der Waals surface area contributed by atoms with Crippen LogP contribution in [0.2, 0.25) is 0 Å². The number of phosphoric acid groups is 1. The summed E-state index contributed by atoms with van der Waals surface area (Å²) in [5, 5.41) is 0. The van der Waals surface area contributed by atoms with Gasteiger partial charge >= 0.3 is 11.9 Å². The summed E-state index contributed by atoms with van der Waals surface area (Å²) < 4.78 is 34.1. The summed E-state index contributed by atoms with van der Waals surface area (Å²) in [5.74, 6) is -0.859. The fourth-order valence-corrected chi connectivity index (χ4v) is 7.83. The molecule has 0 aliphatic heterocycles. The Hall–Kier alpha value is -3.07. The van der Waals surface area contributed by atoms with E-state index in [4.69, 9.17) is 18.5 Å². The summed E-state index contributed by atoms with van der Waals surface area (Å²) in [6.45, 7) is 4.08. The molecular weight excluding hydrogens is 882 g/mol. The van der Waals surface area contributed by atoms with Gasteiger partial charge in [0.25, 0.3) is 7.82 Å². The second kappa shape index (κ2) is 49.9. The highest BCUT2D eigenvalue weighted by Crippen LogP contribution is 2.38. The molecule has 2 unspecified atom stereocenters. The van der Waals surface area contributed by atoms with Crippen molar-refractivity contribution in [3.8, 4) is 0 Å². The molecule has 0 saturated heterocycles. The van der Waals surface area contributed by atoms with Crippen LogP contribution in [-0.2, 0) is 32.7 Å². The molecule has 69 heavy (non-hydrogen) atoms. The lowest BCUT2D eigenvalue weighted by Gasteiger charge is -2.28. The van der Waals surface area contributed by atoms with Crippen molar-refractivity contribution < 1.29 is 42.1 Å². The number of esters is 2. The molecule has 0 aliphatic rings. The summed E-state index contributed by atoms with van der Waals surface area (Å²) in [6, 6.07) is 0. The van der Waals surface area contributed by atoms with E-state index in [0.717, 1.165) is 103 Å². The third kappa shape index (κ3) is 54.1. The molecule has 0 amide bonds. The molecule has 0 N–H and O–H groups in total. The lowest BCUT2D eigenvalue weighted by molar-refractivity contribution is -0.870. The van der Waals surface area contributed by atoms with Gasteiger partial charge in [-0.1, -0.05) is 201 Å². The minimum Gasteiger partial charge on any atom is -0.756 e. The third-order valence-electron chi connectivity index (χ3n) is 11.3. The van der Waals surface area contributed by atoms with E-state index in [1.807, 2.05) is 21.1 Å². The van der Waals surface area contributed by atoms with Crippen molar-refractivity contribution in [3.05, 3.63) is 97.2 Å². The van der Waals surface area contributed by atoms with Crippen LogP contribution in [0.1, 0.15) is 213 Å². The molecule has 396 valence electrons. The minimum atomic E-state index is -4.64. The Balaban J connectivity index is 4.22. The first-order chi connectivity index (χ1) is 33.5. The molecule has 0 spiro atoms. The van der Waals surface area contributed by atoms with Crippen LogP contribution in [0.15, 0.2) is 97.2 Å². The van der Waals surface area contributed by atoms with E-state index in [0.29, 0.717) is 23.9 Å². The van der Waals surface area contributed by atoms with Crippen molar-refractivity contribution in [1.82, 2.24) is 0 Å². The number of phosphoric ester groups is 1. The Morgan fingerprint density at radius 3 is 1.23 bits per heavy atom. The highest BCUT2D eigenvalue weighted by atomic mass is 31.2. The van der Waals surface area contributed by atoms with E-state index in [2.05, 4.69) is 111 Å². The summed E-state index contributed by atoms with van der Waals surface area (Å²) in [5.41, 5.74) is 0. The summed E-state index contributed by atoms with van der Waals surface area (Å²) >= 11 is 0. The zero-order chi connectivity index (χ0) is 50.6. The van der Waals surface area contributed by atoms with Gasteiger partial charge in [-0.3, -0.25) is 14.2 Å². The topological polar surface area (TPSA) is 111 Å². The van der Waals surface area contributed by atoms with Gasteiger partial charge < -0.3 is 27.9 Å². The number of quaternary nitrogens is 1. The molecule has 0 aliphatic carbocycles. The monoisotopic (exact) mass is 984 g/mol. The van der Waals surface area contributed by atoms with E-state index >= 15 is 0 Å². The number of unbranched alkanes of at least 4 members (excludes halogenated alkanes) is 19. The summed E-state index contributed by atoms with van der Waals surface area (Å²) in [7, 11) is 1.14. The molecule has 0 aromatic rings. The maximum atomic E-state index is 12.8. The van der Waals surface area contributed by atoms with Crippen LogP contribution in [0.5, 0.6) is 0 Å². The number of allylic oxidation sites excluding steroid dienone is 16. The van der Waals surface area contributed by atoms with E-state index < -0.39 is 32.5 Å². The zero-order valence-corrected chi connectivity index (χ0v) is 45.6. The number of carbonyl (C=O) groups is 2. The minimum absolute atomic E-state index is 0.0386. The molecule has 0 radical (unpaired) electrons. The number of likely N-dealkylation sites (N-methyl/N-ethyl adjacent to an activating group) is 1. The first kappa shape index (κ1) is 65.9. The predicted octanol–water partition coefficient (Wildman–Crippen LogP) is 16.2. The van der Waals surface area contributed by atoms with Crippen molar-refractivity contribution in [2.24, 2.45) is 0 Å². The first-order valence-corrected chi connectivity index (χ1v) is 28.9. The molecule has 0 fully saturated rings. The number of hydrogen-bond acceptors (Lipinski definition) is 8. The molecule has 10 heteroatoms. The smallest absolute Gasteiger partial charge is 0.306 e. The second-order valence-corrected chi connectivity index (χ2v) is 20.6. The number of ether oxygens (including phenoxy) is 2. The van der Waals surface area contributed by atoms with Crippen LogP contribution in [0.4, 0.5) is 0 Å². The predicted molar refractivity (Wildman–Crippen MR) is 291 cm³/mol. The van der Waals surface area contributed by atoms with E-state index in [1.165, 1.54) is 70.6 Å². The quantitative estimate of drug-likeness (QED) is 0.0195. The van der Waals surface area contributed by atoms with Crippen LogP contribution >= 0.6 is 7.82 Å². The molecule has 0 aromatic heterocycles. The number of rotatable bonds is 49. The zero-order valence-electron chi connectivity index (χ0n) is 44.7. The third-order valence-corrected chi connectivity index (χ3v) is 12.3. The fraction of sp³-hybridized carbons (Fsp3) is 0.695. The largest absolute Gasteiger partial charge is 0.756 e. The average molecular weight is 984 g/mol. The molecular formula is C59H102NO8P. The average Bonchev–Trinajstić information content (AvgIpc) is 3.31. The fourth-order valence-electron chi connectivity index (χ4n) is 7.10. The van der Waals surface area contributed by atoms with Crippen molar-refractivity contribution in [1.29, 1.82) is 0 Å². The number of carbonyl (C=O) groups excluding carboxylic acids is 2. The van der Waals surface area contributed by atoms with Crippen molar-refractivity contribution >= 4 is 19.8 Å². The molecule has 2 atom stereocenters. The molecule has 9 nitrogen and oxygen atoms in total. The van der Waals surface area contributed by atoms with Crippen LogP contribution in [0.3, 0.4) is 0 Å². The van der Waals surface area contributed by atoms with Gasteiger partial charge in [0.2, 0.25) is 0 Å². The number of nitrogens with zero attached hydrogens (tertiary/aromatic N) is 1. The molecule has 0 rings (SSSR count). The second-order valence-electron chi connectivity index (χ2n) is 19.2. The van der Waals surface area contributed by atoms with Gasteiger partial charge in [-0.25, -0.2) is 0 Å². The van der Waals surface area contributed by atoms with E-state index in [-0.39, 0.29) is 26.1 Å². The van der Waals surface area contributed by atoms with Crippen molar-refractivity contribution in [3.63, 3.8) is 0 Å². The lowest BCUT2D eigenvalue weighted by atomic mass is 10.0. The van der Waals surface area contributed by atoms with Crippen LogP contribution in [0.25, 0.3) is 0 Å². The highest BCUT2D eigenvalue weighted by Gasteiger charge is 2.21. The molecule has 0 heterocycles. The number of hydrogen-bond donors (Lipinski definition) is 0.